The van der Waals surface area contributed by atoms with Crippen LogP contribution in [0.5, 0.6) is 0 Å². The maximum Gasteiger partial charge on any atom is 0.494 e. The molecule has 3 rings (SSSR count). The zero-order chi connectivity index (χ0) is 24.1. The number of nitrogens with zero attached hydrogens (tertiary/aromatic N) is 2. The Hall–Kier alpha value is -1.62. The summed E-state index contributed by atoms with van der Waals surface area (Å²) in [7, 11) is -4.40. The SMILES string of the molecule is CC1CN(C(=O)OC(C)(C)C)CCN1S(=O)(=O)c1cccc(B2OC(C)(C)C(C)(C)O2)c1. The summed E-state index contributed by atoms with van der Waals surface area (Å²) in [5, 5.41) is 0. The molecule has 2 heterocycles. The Labute approximate surface area is 192 Å². The van der Waals surface area contributed by atoms with Crippen LogP contribution < -0.4 is 5.46 Å². The minimum atomic E-state index is -3.76. The van der Waals surface area contributed by atoms with Crippen molar-refractivity contribution in [1.29, 1.82) is 0 Å². The Morgan fingerprint density at radius 2 is 1.72 bits per heavy atom. The molecule has 2 fully saturated rings. The van der Waals surface area contributed by atoms with Crippen LogP contribution in [0.25, 0.3) is 0 Å². The summed E-state index contributed by atoms with van der Waals surface area (Å²) in [4.78, 5) is 14.1. The molecule has 10 heteroatoms. The van der Waals surface area contributed by atoms with Crippen molar-refractivity contribution >= 4 is 28.7 Å². The van der Waals surface area contributed by atoms with Gasteiger partial charge in [-0.3, -0.25) is 0 Å². The normalized spacial score (nSPS) is 23.9. The van der Waals surface area contributed by atoms with Gasteiger partial charge in [0.2, 0.25) is 10.0 Å². The largest absolute Gasteiger partial charge is 0.494 e. The predicted octanol–water partition coefficient (Wildman–Crippen LogP) is 2.62. The van der Waals surface area contributed by atoms with Crippen molar-refractivity contribution < 1.29 is 27.3 Å². The van der Waals surface area contributed by atoms with E-state index in [1.165, 1.54) is 4.31 Å². The van der Waals surface area contributed by atoms with Gasteiger partial charge in [-0.25, -0.2) is 13.2 Å². The molecule has 32 heavy (non-hydrogen) atoms. The van der Waals surface area contributed by atoms with Crippen molar-refractivity contribution in [3.63, 3.8) is 0 Å². The zero-order valence-corrected chi connectivity index (χ0v) is 21.2. The number of sulfonamides is 1. The average molecular weight is 466 g/mol. The van der Waals surface area contributed by atoms with Crippen molar-refractivity contribution in [1.82, 2.24) is 9.21 Å². The van der Waals surface area contributed by atoms with Crippen LogP contribution in [0.3, 0.4) is 0 Å². The van der Waals surface area contributed by atoms with Gasteiger partial charge in [0.05, 0.1) is 16.1 Å². The van der Waals surface area contributed by atoms with Crippen molar-refractivity contribution in [3.8, 4) is 0 Å². The topological polar surface area (TPSA) is 85.4 Å². The van der Waals surface area contributed by atoms with Crippen LogP contribution in [-0.2, 0) is 24.1 Å². The third-order valence-electron chi connectivity index (χ3n) is 6.21. The summed E-state index contributed by atoms with van der Waals surface area (Å²) in [6, 6.07) is 6.32. The van der Waals surface area contributed by atoms with Gasteiger partial charge in [-0.1, -0.05) is 12.1 Å². The highest BCUT2D eigenvalue weighted by molar-refractivity contribution is 7.89. The van der Waals surface area contributed by atoms with Crippen molar-refractivity contribution in [2.24, 2.45) is 0 Å². The number of benzene rings is 1. The molecule has 1 aromatic rings. The second-order valence-electron chi connectivity index (χ2n) is 10.6. The highest BCUT2D eigenvalue weighted by Crippen LogP contribution is 2.36. The van der Waals surface area contributed by atoms with Crippen molar-refractivity contribution in [3.05, 3.63) is 24.3 Å². The van der Waals surface area contributed by atoms with Gasteiger partial charge in [0, 0.05) is 25.7 Å². The van der Waals surface area contributed by atoms with E-state index in [0.29, 0.717) is 5.46 Å². The molecule has 1 aromatic carbocycles. The van der Waals surface area contributed by atoms with Gasteiger partial charge in [-0.05, 0) is 73.0 Å². The van der Waals surface area contributed by atoms with Crippen LogP contribution in [0.4, 0.5) is 4.79 Å². The Kier molecular flexibility index (Phi) is 6.49. The third kappa shape index (κ3) is 4.98. The lowest BCUT2D eigenvalue weighted by Crippen LogP contribution is -2.56. The van der Waals surface area contributed by atoms with Crippen LogP contribution in [-0.4, -0.2) is 73.3 Å². The molecule has 2 aliphatic heterocycles. The first-order chi connectivity index (χ1) is 14.5. The summed E-state index contributed by atoms with van der Waals surface area (Å²) >= 11 is 0. The van der Waals surface area contributed by atoms with E-state index in [2.05, 4.69) is 0 Å². The Bertz CT molecular complexity index is 957. The summed E-state index contributed by atoms with van der Waals surface area (Å²) in [6.07, 6.45) is -0.427. The van der Waals surface area contributed by atoms with Gasteiger partial charge in [0.25, 0.3) is 0 Å². The Balaban J connectivity index is 1.77. The van der Waals surface area contributed by atoms with Crippen LogP contribution in [0.15, 0.2) is 29.2 Å². The third-order valence-corrected chi connectivity index (χ3v) is 8.22. The first-order valence-corrected chi connectivity index (χ1v) is 12.4. The summed E-state index contributed by atoms with van der Waals surface area (Å²) in [6.45, 7) is 15.8. The molecule has 0 spiro atoms. The van der Waals surface area contributed by atoms with Crippen LogP contribution in [0.1, 0.15) is 55.4 Å². The van der Waals surface area contributed by atoms with Crippen molar-refractivity contribution in [2.45, 2.75) is 83.1 Å². The number of rotatable bonds is 3. The summed E-state index contributed by atoms with van der Waals surface area (Å²) in [5.74, 6) is 0. The highest BCUT2D eigenvalue weighted by Gasteiger charge is 2.52. The summed E-state index contributed by atoms with van der Waals surface area (Å²) < 4.78 is 45.9. The molecule has 0 N–H and O–H groups in total. The molecule has 2 saturated heterocycles. The molecule has 2 aliphatic rings. The molecule has 178 valence electrons. The minimum absolute atomic E-state index is 0.183. The number of ether oxygens (including phenoxy) is 1. The zero-order valence-electron chi connectivity index (χ0n) is 20.3. The maximum atomic E-state index is 13.4. The van der Waals surface area contributed by atoms with Crippen LogP contribution in [0, 0.1) is 0 Å². The van der Waals surface area contributed by atoms with E-state index in [1.807, 2.05) is 54.5 Å². The first kappa shape index (κ1) is 25.0. The second-order valence-corrected chi connectivity index (χ2v) is 12.4. The molecule has 0 aliphatic carbocycles. The van der Waals surface area contributed by atoms with E-state index in [0.717, 1.165) is 0 Å². The van der Waals surface area contributed by atoms with Crippen molar-refractivity contribution in [2.75, 3.05) is 19.6 Å². The smallest absolute Gasteiger partial charge is 0.444 e. The van der Waals surface area contributed by atoms with Gasteiger partial charge in [-0.15, -0.1) is 0 Å². The number of carbonyl (C=O) groups excluding carboxylic acids is 1. The molecular weight excluding hydrogens is 431 g/mol. The lowest BCUT2D eigenvalue weighted by atomic mass is 9.79. The van der Waals surface area contributed by atoms with Gasteiger partial charge >= 0.3 is 13.2 Å². The number of carbonyl (C=O) groups is 1. The maximum absolute atomic E-state index is 13.4. The molecule has 0 saturated carbocycles. The van der Waals surface area contributed by atoms with Crippen LogP contribution in [0.2, 0.25) is 0 Å². The first-order valence-electron chi connectivity index (χ1n) is 11.0. The van der Waals surface area contributed by atoms with E-state index in [4.69, 9.17) is 14.0 Å². The highest BCUT2D eigenvalue weighted by atomic mass is 32.2. The molecular formula is C22H35BN2O6S. The Morgan fingerprint density at radius 1 is 1.12 bits per heavy atom. The van der Waals surface area contributed by atoms with E-state index in [9.17, 15) is 13.2 Å². The number of piperazine rings is 1. The molecule has 0 bridgehead atoms. The van der Waals surface area contributed by atoms with Gasteiger partial charge in [0.15, 0.2) is 0 Å². The predicted molar refractivity (Wildman–Crippen MR) is 123 cm³/mol. The molecule has 1 unspecified atom stereocenters. The fraction of sp³-hybridized carbons (Fsp3) is 0.682. The quantitative estimate of drug-likeness (QED) is 0.637. The average Bonchev–Trinajstić information content (AvgIpc) is 2.87. The lowest BCUT2D eigenvalue weighted by Gasteiger charge is -2.39. The fourth-order valence-corrected chi connectivity index (χ4v) is 5.40. The molecule has 1 atom stereocenters. The Morgan fingerprint density at radius 3 is 2.25 bits per heavy atom. The van der Waals surface area contributed by atoms with E-state index in [-0.39, 0.29) is 30.6 Å². The van der Waals surface area contributed by atoms with E-state index >= 15 is 0 Å². The number of hydrogen-bond acceptors (Lipinski definition) is 6. The van der Waals surface area contributed by atoms with E-state index in [1.54, 1.807) is 30.0 Å². The number of hydrogen-bond donors (Lipinski definition) is 0. The van der Waals surface area contributed by atoms with Gasteiger partial charge in [-0.2, -0.15) is 4.31 Å². The second kappa shape index (κ2) is 8.31. The van der Waals surface area contributed by atoms with Crippen LogP contribution >= 0.6 is 0 Å². The molecule has 0 radical (unpaired) electrons. The molecule has 8 nitrogen and oxygen atoms in total. The molecule has 0 aromatic heterocycles. The number of amides is 1. The molecule has 1 amide bonds. The van der Waals surface area contributed by atoms with Gasteiger partial charge < -0.3 is 18.9 Å². The standard InChI is InChI=1S/C22H35BN2O6S/c1-16-15-24(19(26)29-20(2,3)4)12-13-25(16)32(27,28)18-11-9-10-17(14-18)23-30-21(5,6)22(7,8)31-23/h9-11,14,16H,12-13,15H2,1-8H3. The fourth-order valence-electron chi connectivity index (χ4n) is 3.73. The minimum Gasteiger partial charge on any atom is -0.444 e. The monoisotopic (exact) mass is 466 g/mol. The van der Waals surface area contributed by atoms with E-state index < -0.39 is 40.0 Å². The summed E-state index contributed by atoms with van der Waals surface area (Å²) in [5.41, 5.74) is -0.972. The lowest BCUT2D eigenvalue weighted by molar-refractivity contribution is 0.00578. The van der Waals surface area contributed by atoms with Gasteiger partial charge in [0.1, 0.15) is 5.60 Å².